The first-order chi connectivity index (χ1) is 16.0. The number of hydrogen-bond donors (Lipinski definition) is 2. The van der Waals surface area contributed by atoms with Crippen molar-refractivity contribution in [3.05, 3.63) is 53.2 Å². The van der Waals surface area contributed by atoms with Crippen LogP contribution in [0.5, 0.6) is 23.0 Å². The Morgan fingerprint density at radius 3 is 2.58 bits per heavy atom. The topological polar surface area (TPSA) is 121 Å². The second kappa shape index (κ2) is 9.11. The molecule has 0 spiro atoms. The van der Waals surface area contributed by atoms with Crippen LogP contribution in [0, 0.1) is 6.92 Å². The van der Waals surface area contributed by atoms with Gasteiger partial charge < -0.3 is 29.4 Å². The molecule has 2 aliphatic heterocycles. The molecule has 0 bridgehead atoms. The number of ether oxygens (including phenoxy) is 4. The molecule has 33 heavy (non-hydrogen) atoms. The molecule has 1 atom stereocenters. The van der Waals surface area contributed by atoms with Gasteiger partial charge in [-0.1, -0.05) is 0 Å². The number of hydrogen-bond acceptors (Lipinski definition) is 7. The molecule has 5 rings (SSSR count). The van der Waals surface area contributed by atoms with Crippen molar-refractivity contribution < 1.29 is 33.6 Å². The lowest BCUT2D eigenvalue weighted by atomic mass is 9.85. The summed E-state index contributed by atoms with van der Waals surface area (Å²) in [6.07, 6.45) is 0.310. The summed E-state index contributed by atoms with van der Waals surface area (Å²) in [5, 5.41) is 14.6. The first kappa shape index (κ1) is 22.0. The summed E-state index contributed by atoms with van der Waals surface area (Å²) in [4.78, 5) is 21.0. The summed E-state index contributed by atoms with van der Waals surface area (Å²) in [5.74, 6) is 2.99. The maximum atomic E-state index is 12.6. The van der Waals surface area contributed by atoms with E-state index in [1.165, 1.54) is 0 Å². The fraction of sp³-hybridized carbons (Fsp3) is 0.261. The highest BCUT2D eigenvalue weighted by atomic mass is 16.7. The van der Waals surface area contributed by atoms with E-state index < -0.39 is 0 Å². The SMILES string of the molecule is COc1ccc(-n2nc(C)c3c2NC(=O)CC3c2cc(OC)c3c(c2)OCO3)cc1.O=CO. The quantitative estimate of drug-likeness (QED) is 0.578. The van der Waals surface area contributed by atoms with Crippen molar-refractivity contribution in [1.29, 1.82) is 0 Å². The summed E-state index contributed by atoms with van der Waals surface area (Å²) >= 11 is 0. The number of fused-ring (bicyclic) bond motifs is 2. The average Bonchev–Trinajstić information content (AvgIpc) is 3.43. The third-order valence-electron chi connectivity index (χ3n) is 5.50. The van der Waals surface area contributed by atoms with Gasteiger partial charge in [-0.2, -0.15) is 5.10 Å². The molecular weight excluding hydrogens is 430 g/mol. The zero-order valence-electron chi connectivity index (χ0n) is 18.3. The van der Waals surface area contributed by atoms with E-state index in [0.717, 1.165) is 28.3 Å². The van der Waals surface area contributed by atoms with Crippen LogP contribution in [0.2, 0.25) is 0 Å². The number of carbonyl (C=O) groups excluding carboxylic acids is 1. The van der Waals surface area contributed by atoms with Crippen molar-refractivity contribution in [1.82, 2.24) is 9.78 Å². The number of carbonyl (C=O) groups is 2. The lowest BCUT2D eigenvalue weighted by Crippen LogP contribution is -2.25. The molecule has 0 fully saturated rings. The summed E-state index contributed by atoms with van der Waals surface area (Å²) in [5.41, 5.74) is 3.59. The van der Waals surface area contributed by atoms with Crippen molar-refractivity contribution in [2.24, 2.45) is 0 Å². The molecule has 2 N–H and O–H groups in total. The van der Waals surface area contributed by atoms with Crippen LogP contribution in [0.25, 0.3) is 5.69 Å². The normalized spacial score (nSPS) is 15.6. The smallest absolute Gasteiger partial charge is 0.290 e. The molecule has 0 aliphatic carbocycles. The zero-order valence-corrected chi connectivity index (χ0v) is 18.3. The zero-order chi connectivity index (χ0) is 23.5. The van der Waals surface area contributed by atoms with Crippen molar-refractivity contribution in [2.45, 2.75) is 19.3 Å². The van der Waals surface area contributed by atoms with Crippen LogP contribution >= 0.6 is 0 Å². The average molecular weight is 453 g/mol. The van der Waals surface area contributed by atoms with E-state index >= 15 is 0 Å². The number of nitrogens with one attached hydrogen (secondary N) is 1. The molecule has 2 aromatic carbocycles. The van der Waals surface area contributed by atoms with Gasteiger partial charge in [-0.05, 0) is 48.9 Å². The maximum Gasteiger partial charge on any atom is 0.290 e. The number of methoxy groups -OCH3 is 2. The van der Waals surface area contributed by atoms with Gasteiger partial charge in [-0.15, -0.1) is 0 Å². The van der Waals surface area contributed by atoms with E-state index in [1.54, 1.807) is 18.9 Å². The Labute approximate surface area is 189 Å². The number of carboxylic acid groups (broad SMARTS) is 1. The number of nitrogens with zero attached hydrogens (tertiary/aromatic N) is 2. The van der Waals surface area contributed by atoms with Gasteiger partial charge >= 0.3 is 0 Å². The van der Waals surface area contributed by atoms with Gasteiger partial charge in [0.05, 0.1) is 25.6 Å². The molecule has 3 heterocycles. The first-order valence-electron chi connectivity index (χ1n) is 10.1. The standard InChI is InChI=1S/C22H21N3O5.CH2O2/c1-12-20-16(13-8-17(28-3)21-18(9-13)29-11-30-21)10-19(26)23-22(20)25(24-12)14-4-6-15(27-2)7-5-14;2-1-3/h4-9,16H,10-11H2,1-3H3,(H,23,26);1H,(H,2,3). The molecule has 0 saturated carbocycles. The Balaban J connectivity index is 0.000000821. The van der Waals surface area contributed by atoms with E-state index in [4.69, 9.17) is 33.9 Å². The van der Waals surface area contributed by atoms with Crippen LogP contribution in [0.1, 0.15) is 29.2 Å². The highest BCUT2D eigenvalue weighted by Crippen LogP contribution is 2.47. The Bertz CT molecular complexity index is 1190. The lowest BCUT2D eigenvalue weighted by molar-refractivity contribution is -0.123. The molecular formula is C23H23N3O7. The Kier molecular flexibility index (Phi) is 6.07. The van der Waals surface area contributed by atoms with Crippen LogP contribution < -0.4 is 24.3 Å². The van der Waals surface area contributed by atoms with Gasteiger partial charge in [0, 0.05) is 17.9 Å². The molecule has 172 valence electrons. The number of aromatic nitrogens is 2. The van der Waals surface area contributed by atoms with Gasteiger partial charge in [0.25, 0.3) is 6.47 Å². The van der Waals surface area contributed by atoms with Crippen molar-refractivity contribution >= 4 is 18.2 Å². The van der Waals surface area contributed by atoms with Crippen LogP contribution in [0.4, 0.5) is 5.82 Å². The Hall–Kier alpha value is -4.21. The fourth-order valence-electron chi connectivity index (χ4n) is 4.09. The van der Waals surface area contributed by atoms with Crippen molar-refractivity contribution in [3.63, 3.8) is 0 Å². The van der Waals surface area contributed by atoms with E-state index in [0.29, 0.717) is 29.5 Å². The van der Waals surface area contributed by atoms with Gasteiger partial charge in [0.1, 0.15) is 11.6 Å². The number of aryl methyl sites for hydroxylation is 1. The van der Waals surface area contributed by atoms with E-state index in [1.807, 2.05) is 43.3 Å². The highest BCUT2D eigenvalue weighted by molar-refractivity contribution is 5.95. The number of anilines is 1. The predicted octanol–water partition coefficient (Wildman–Crippen LogP) is 3.10. The number of benzene rings is 2. The van der Waals surface area contributed by atoms with Gasteiger partial charge in [-0.3, -0.25) is 9.59 Å². The third-order valence-corrected chi connectivity index (χ3v) is 5.50. The Morgan fingerprint density at radius 2 is 1.91 bits per heavy atom. The van der Waals surface area contributed by atoms with E-state index in [9.17, 15) is 4.79 Å². The van der Waals surface area contributed by atoms with Gasteiger partial charge in [0.2, 0.25) is 18.4 Å². The monoisotopic (exact) mass is 453 g/mol. The molecule has 10 nitrogen and oxygen atoms in total. The minimum Gasteiger partial charge on any atom is -0.497 e. The molecule has 1 aromatic heterocycles. The second-order valence-corrected chi connectivity index (χ2v) is 7.32. The molecule has 10 heteroatoms. The van der Waals surface area contributed by atoms with E-state index in [-0.39, 0.29) is 25.1 Å². The van der Waals surface area contributed by atoms with Crippen LogP contribution in [-0.2, 0) is 9.59 Å². The number of amides is 1. The first-order valence-corrected chi connectivity index (χ1v) is 10.1. The van der Waals surface area contributed by atoms with Crippen molar-refractivity contribution in [3.8, 4) is 28.7 Å². The van der Waals surface area contributed by atoms with Crippen LogP contribution in [0.15, 0.2) is 36.4 Å². The Morgan fingerprint density at radius 1 is 1.18 bits per heavy atom. The number of rotatable bonds is 4. The van der Waals surface area contributed by atoms with Crippen LogP contribution in [0.3, 0.4) is 0 Å². The largest absolute Gasteiger partial charge is 0.497 e. The predicted molar refractivity (Wildman–Crippen MR) is 118 cm³/mol. The summed E-state index contributed by atoms with van der Waals surface area (Å²) < 4.78 is 23.6. The second-order valence-electron chi connectivity index (χ2n) is 7.32. The molecule has 1 amide bonds. The minimum absolute atomic E-state index is 0.0706. The minimum atomic E-state index is -0.250. The van der Waals surface area contributed by atoms with E-state index in [2.05, 4.69) is 5.32 Å². The van der Waals surface area contributed by atoms with Gasteiger partial charge in [0.15, 0.2) is 11.5 Å². The van der Waals surface area contributed by atoms with Crippen LogP contribution in [-0.4, -0.2) is 48.3 Å². The highest BCUT2D eigenvalue weighted by Gasteiger charge is 2.34. The third kappa shape index (κ3) is 4.02. The summed E-state index contributed by atoms with van der Waals surface area (Å²) in [6.45, 7) is 1.85. The van der Waals surface area contributed by atoms with Crippen molar-refractivity contribution in [2.75, 3.05) is 26.3 Å². The molecule has 1 unspecified atom stereocenters. The van der Waals surface area contributed by atoms with Gasteiger partial charge in [-0.25, -0.2) is 4.68 Å². The lowest BCUT2D eigenvalue weighted by Gasteiger charge is -2.25. The molecule has 0 radical (unpaired) electrons. The summed E-state index contributed by atoms with van der Waals surface area (Å²) in [7, 11) is 3.21. The summed E-state index contributed by atoms with van der Waals surface area (Å²) in [6, 6.07) is 11.4. The molecule has 0 saturated heterocycles. The maximum absolute atomic E-state index is 12.6. The molecule has 3 aromatic rings. The fourth-order valence-corrected chi connectivity index (χ4v) is 4.09. The molecule has 2 aliphatic rings.